The fraction of sp³-hybridized carbons (Fsp3) is 0.611. The number of morpholine rings is 1. The fourth-order valence-electron chi connectivity index (χ4n) is 3.88. The number of carbonyl (C=O) groups excluding carboxylic acids is 1. The van der Waals surface area contributed by atoms with Crippen LogP contribution in [0.1, 0.15) is 44.1 Å². The SMILES string of the molecule is O=C(OCc1ccccc1)N1CC2(CCC2)OC2(CCC2)C1. The standard InChI is InChI=1S/C18H23NO3/c20-16(21-12-15-6-2-1-3-7-15)19-13-17(8-4-9-17)22-18(14-19)10-5-11-18/h1-3,6-7H,4-5,8-14H2. The Morgan fingerprint density at radius 3 is 2.14 bits per heavy atom. The van der Waals surface area contributed by atoms with Gasteiger partial charge in [0.25, 0.3) is 0 Å². The molecule has 0 unspecified atom stereocenters. The number of hydrogen-bond donors (Lipinski definition) is 0. The second-order valence-corrected chi connectivity index (χ2v) is 7.07. The topological polar surface area (TPSA) is 38.8 Å². The average Bonchev–Trinajstić information content (AvgIpc) is 2.50. The number of benzene rings is 1. The molecule has 1 aromatic carbocycles. The number of nitrogens with zero attached hydrogens (tertiary/aromatic N) is 1. The number of amides is 1. The normalized spacial score (nSPS) is 24.6. The molecule has 1 aliphatic heterocycles. The van der Waals surface area contributed by atoms with E-state index >= 15 is 0 Å². The van der Waals surface area contributed by atoms with Gasteiger partial charge in [0.2, 0.25) is 0 Å². The van der Waals surface area contributed by atoms with Crippen molar-refractivity contribution < 1.29 is 14.3 Å². The molecule has 0 radical (unpaired) electrons. The summed E-state index contributed by atoms with van der Waals surface area (Å²) in [7, 11) is 0. The Hall–Kier alpha value is -1.55. The summed E-state index contributed by atoms with van der Waals surface area (Å²) >= 11 is 0. The summed E-state index contributed by atoms with van der Waals surface area (Å²) < 4.78 is 11.9. The van der Waals surface area contributed by atoms with Crippen LogP contribution in [0.25, 0.3) is 0 Å². The number of carbonyl (C=O) groups is 1. The minimum absolute atomic E-state index is 0.0789. The van der Waals surface area contributed by atoms with Crippen molar-refractivity contribution >= 4 is 6.09 Å². The van der Waals surface area contributed by atoms with Crippen molar-refractivity contribution in [2.75, 3.05) is 13.1 Å². The van der Waals surface area contributed by atoms with E-state index in [0.717, 1.165) is 31.2 Å². The Labute approximate surface area is 131 Å². The lowest BCUT2D eigenvalue weighted by Crippen LogP contribution is -2.67. The highest BCUT2D eigenvalue weighted by Gasteiger charge is 2.55. The predicted molar refractivity (Wildman–Crippen MR) is 82.4 cm³/mol. The van der Waals surface area contributed by atoms with Gasteiger partial charge in [-0.2, -0.15) is 0 Å². The van der Waals surface area contributed by atoms with Crippen LogP contribution in [-0.4, -0.2) is 35.3 Å². The lowest BCUT2D eigenvalue weighted by Gasteiger charge is -2.58. The summed E-state index contributed by atoms with van der Waals surface area (Å²) in [4.78, 5) is 14.4. The Morgan fingerprint density at radius 2 is 1.64 bits per heavy atom. The molecule has 4 rings (SSSR count). The minimum atomic E-state index is -0.190. The zero-order chi connectivity index (χ0) is 15.0. The van der Waals surface area contributed by atoms with E-state index in [9.17, 15) is 4.79 Å². The van der Waals surface area contributed by atoms with Gasteiger partial charge in [-0.1, -0.05) is 30.3 Å². The van der Waals surface area contributed by atoms with E-state index in [4.69, 9.17) is 9.47 Å². The quantitative estimate of drug-likeness (QED) is 0.839. The molecule has 22 heavy (non-hydrogen) atoms. The van der Waals surface area contributed by atoms with Crippen LogP contribution < -0.4 is 0 Å². The summed E-state index contributed by atoms with van der Waals surface area (Å²) in [5.74, 6) is 0. The Balaban J connectivity index is 1.41. The third-order valence-corrected chi connectivity index (χ3v) is 5.38. The molecule has 1 saturated heterocycles. The molecule has 0 N–H and O–H groups in total. The summed E-state index contributed by atoms with van der Waals surface area (Å²) in [5.41, 5.74) is 0.871. The van der Waals surface area contributed by atoms with Crippen LogP contribution in [0.5, 0.6) is 0 Å². The zero-order valence-electron chi connectivity index (χ0n) is 12.9. The zero-order valence-corrected chi connectivity index (χ0v) is 12.9. The van der Waals surface area contributed by atoms with Crippen molar-refractivity contribution in [1.29, 1.82) is 0 Å². The van der Waals surface area contributed by atoms with E-state index in [2.05, 4.69) is 0 Å². The van der Waals surface area contributed by atoms with Crippen LogP contribution in [0, 0.1) is 0 Å². The van der Waals surface area contributed by atoms with Gasteiger partial charge < -0.3 is 14.4 Å². The van der Waals surface area contributed by atoms with Gasteiger partial charge in [-0.25, -0.2) is 4.79 Å². The highest BCUT2D eigenvalue weighted by Crippen LogP contribution is 2.49. The molecule has 0 bridgehead atoms. The van der Waals surface area contributed by atoms with Crippen molar-refractivity contribution in [1.82, 2.24) is 4.90 Å². The Morgan fingerprint density at radius 1 is 1.05 bits per heavy atom. The first-order chi connectivity index (χ1) is 10.7. The maximum absolute atomic E-state index is 12.5. The molecule has 3 fully saturated rings. The molecule has 1 aromatic rings. The number of rotatable bonds is 2. The van der Waals surface area contributed by atoms with Crippen molar-refractivity contribution in [2.45, 2.75) is 56.3 Å². The van der Waals surface area contributed by atoms with E-state index in [1.165, 1.54) is 12.8 Å². The third-order valence-electron chi connectivity index (χ3n) is 5.38. The van der Waals surface area contributed by atoms with Gasteiger partial charge >= 0.3 is 6.09 Å². The van der Waals surface area contributed by atoms with E-state index in [1.54, 1.807) is 0 Å². The van der Waals surface area contributed by atoms with Crippen LogP contribution in [0.2, 0.25) is 0 Å². The molecule has 2 saturated carbocycles. The van der Waals surface area contributed by atoms with E-state index in [-0.39, 0.29) is 17.3 Å². The predicted octanol–water partition coefficient (Wildman–Crippen LogP) is 3.50. The first kappa shape index (κ1) is 14.1. The van der Waals surface area contributed by atoms with E-state index < -0.39 is 0 Å². The molecule has 0 atom stereocenters. The molecule has 2 aliphatic carbocycles. The van der Waals surface area contributed by atoms with Gasteiger partial charge in [-0.3, -0.25) is 0 Å². The lowest BCUT2D eigenvalue weighted by molar-refractivity contribution is -0.259. The second kappa shape index (κ2) is 5.27. The summed E-state index contributed by atoms with van der Waals surface area (Å²) in [6, 6.07) is 9.85. The summed E-state index contributed by atoms with van der Waals surface area (Å²) in [5, 5.41) is 0. The average molecular weight is 301 g/mol. The van der Waals surface area contributed by atoms with Gasteiger partial charge in [0.15, 0.2) is 0 Å². The molecule has 1 amide bonds. The van der Waals surface area contributed by atoms with Gasteiger partial charge in [0.05, 0.1) is 24.3 Å². The summed E-state index contributed by atoms with van der Waals surface area (Å²) in [6.07, 6.45) is 6.55. The molecule has 2 spiro atoms. The molecule has 0 aromatic heterocycles. The minimum Gasteiger partial charge on any atom is -0.445 e. The maximum Gasteiger partial charge on any atom is 0.410 e. The van der Waals surface area contributed by atoms with Gasteiger partial charge in [0, 0.05) is 0 Å². The van der Waals surface area contributed by atoms with Crippen LogP contribution in [0.15, 0.2) is 30.3 Å². The smallest absolute Gasteiger partial charge is 0.410 e. The van der Waals surface area contributed by atoms with E-state index in [1.807, 2.05) is 35.2 Å². The largest absolute Gasteiger partial charge is 0.445 e. The molecule has 118 valence electrons. The van der Waals surface area contributed by atoms with Crippen LogP contribution in [0.3, 0.4) is 0 Å². The molecular weight excluding hydrogens is 278 g/mol. The third kappa shape index (κ3) is 2.50. The van der Waals surface area contributed by atoms with E-state index in [0.29, 0.717) is 19.7 Å². The lowest BCUT2D eigenvalue weighted by atomic mass is 9.72. The number of ether oxygens (including phenoxy) is 2. The highest BCUT2D eigenvalue weighted by atomic mass is 16.6. The molecule has 1 heterocycles. The monoisotopic (exact) mass is 301 g/mol. The van der Waals surface area contributed by atoms with Crippen LogP contribution in [-0.2, 0) is 16.1 Å². The Kier molecular flexibility index (Phi) is 3.37. The van der Waals surface area contributed by atoms with Crippen LogP contribution >= 0.6 is 0 Å². The summed E-state index contributed by atoms with van der Waals surface area (Å²) in [6.45, 7) is 1.74. The van der Waals surface area contributed by atoms with Crippen molar-refractivity contribution in [3.8, 4) is 0 Å². The van der Waals surface area contributed by atoms with Crippen LogP contribution in [0.4, 0.5) is 4.79 Å². The van der Waals surface area contributed by atoms with Crippen molar-refractivity contribution in [3.05, 3.63) is 35.9 Å². The van der Waals surface area contributed by atoms with Gasteiger partial charge in [-0.05, 0) is 44.1 Å². The Bertz CT molecular complexity index is 527. The first-order valence-corrected chi connectivity index (χ1v) is 8.35. The molecule has 4 nitrogen and oxygen atoms in total. The maximum atomic E-state index is 12.5. The van der Waals surface area contributed by atoms with Gasteiger partial charge in [0.1, 0.15) is 6.61 Å². The van der Waals surface area contributed by atoms with Gasteiger partial charge in [-0.15, -0.1) is 0 Å². The number of hydrogen-bond acceptors (Lipinski definition) is 3. The highest BCUT2D eigenvalue weighted by molar-refractivity contribution is 5.68. The molecule has 4 heteroatoms. The molecule has 3 aliphatic rings. The fourth-order valence-corrected chi connectivity index (χ4v) is 3.88. The van der Waals surface area contributed by atoms with Crippen molar-refractivity contribution in [2.24, 2.45) is 0 Å². The van der Waals surface area contributed by atoms with Crippen molar-refractivity contribution in [3.63, 3.8) is 0 Å². The molecular formula is C18H23NO3. The first-order valence-electron chi connectivity index (χ1n) is 8.35. The second-order valence-electron chi connectivity index (χ2n) is 7.07.